The van der Waals surface area contributed by atoms with Gasteiger partial charge in [0.2, 0.25) is 0 Å². The fourth-order valence-corrected chi connectivity index (χ4v) is 9.66. The third-order valence-corrected chi connectivity index (χ3v) is 11.8. The number of rotatable bonds is 7. The van der Waals surface area contributed by atoms with Crippen molar-refractivity contribution in [3.05, 3.63) is 47.1 Å². The molecule has 0 aromatic rings. The molecule has 6 atom stereocenters. The Morgan fingerprint density at radius 3 is 2.51 bits per heavy atom. The minimum absolute atomic E-state index is 0.460. The van der Waals surface area contributed by atoms with Crippen molar-refractivity contribution in [3.8, 4) is 0 Å². The fraction of sp³-hybridized carbons (Fsp3) is 0.771. The summed E-state index contributed by atoms with van der Waals surface area (Å²) in [5, 5.41) is 0. The van der Waals surface area contributed by atoms with Gasteiger partial charge in [0.1, 0.15) is 0 Å². The lowest BCUT2D eigenvalue weighted by Crippen LogP contribution is -2.58. The third kappa shape index (κ3) is 5.33. The Labute approximate surface area is 218 Å². The van der Waals surface area contributed by atoms with Gasteiger partial charge in [-0.15, -0.1) is 0 Å². The first kappa shape index (κ1) is 27.0. The minimum atomic E-state index is 0.460. The van der Waals surface area contributed by atoms with Gasteiger partial charge in [0, 0.05) is 0 Å². The quantitative estimate of drug-likeness (QED) is 0.320. The minimum Gasteiger partial charge on any atom is -0.0996 e. The van der Waals surface area contributed by atoms with Gasteiger partial charge in [-0.05, 0) is 131 Å². The molecule has 0 aromatic heterocycles. The predicted octanol–water partition coefficient (Wildman–Crippen LogP) is 11.0. The van der Waals surface area contributed by atoms with Crippen molar-refractivity contribution in [3.63, 3.8) is 0 Å². The van der Waals surface area contributed by atoms with E-state index < -0.39 is 0 Å². The number of allylic oxidation sites excluding steroid dienone is 7. The molecule has 0 heteroatoms. The maximum absolute atomic E-state index is 4.68. The van der Waals surface area contributed by atoms with Gasteiger partial charge in [0.05, 0.1) is 0 Å². The summed E-state index contributed by atoms with van der Waals surface area (Å²) in [4.78, 5) is 0. The van der Waals surface area contributed by atoms with Gasteiger partial charge < -0.3 is 0 Å². The lowest BCUT2D eigenvalue weighted by molar-refractivity contribution is -0.153. The van der Waals surface area contributed by atoms with Gasteiger partial charge in [-0.25, -0.2) is 0 Å². The highest BCUT2D eigenvalue weighted by Crippen LogP contribution is 2.69. The lowest BCUT2D eigenvalue weighted by atomic mass is 9.39. The van der Waals surface area contributed by atoms with Crippen LogP contribution < -0.4 is 0 Å². The van der Waals surface area contributed by atoms with Crippen LogP contribution >= 0.6 is 0 Å². The highest BCUT2D eigenvalue weighted by atomic mass is 14.6. The summed E-state index contributed by atoms with van der Waals surface area (Å²) in [6.45, 7) is 22.3. The van der Waals surface area contributed by atoms with Crippen molar-refractivity contribution >= 4 is 0 Å². The molecule has 0 spiro atoms. The van der Waals surface area contributed by atoms with Crippen LogP contribution in [0.2, 0.25) is 0 Å². The zero-order valence-electron chi connectivity index (χ0n) is 24.4. The van der Waals surface area contributed by atoms with Crippen LogP contribution in [0.25, 0.3) is 0 Å². The summed E-state index contributed by atoms with van der Waals surface area (Å²) < 4.78 is 0. The molecule has 0 nitrogen and oxygen atoms in total. The van der Waals surface area contributed by atoms with E-state index in [1.807, 2.05) is 0 Å². The second-order valence-electron chi connectivity index (χ2n) is 14.6. The molecule has 3 fully saturated rings. The second-order valence-corrected chi connectivity index (χ2v) is 14.6. The van der Waals surface area contributed by atoms with Crippen molar-refractivity contribution in [2.75, 3.05) is 0 Å². The van der Waals surface area contributed by atoms with Gasteiger partial charge in [-0.3, -0.25) is 0 Å². The molecular formula is C35H56. The summed E-state index contributed by atoms with van der Waals surface area (Å²) in [7, 11) is 0. The number of hydrogen-bond donors (Lipinski definition) is 0. The van der Waals surface area contributed by atoms with Crippen molar-refractivity contribution in [1.82, 2.24) is 0 Å². The van der Waals surface area contributed by atoms with Crippen LogP contribution in [0.5, 0.6) is 0 Å². The molecule has 35 heavy (non-hydrogen) atoms. The van der Waals surface area contributed by atoms with E-state index in [0.29, 0.717) is 22.2 Å². The summed E-state index contributed by atoms with van der Waals surface area (Å²) in [6.07, 6.45) is 24.8. The largest absolute Gasteiger partial charge is 0.0996 e. The van der Waals surface area contributed by atoms with Crippen molar-refractivity contribution in [1.29, 1.82) is 0 Å². The molecule has 0 radical (unpaired) electrons. The normalized spacial score (nSPS) is 38.2. The van der Waals surface area contributed by atoms with Crippen LogP contribution in [-0.2, 0) is 0 Å². The smallest absolute Gasteiger partial charge is 0.0133 e. The zero-order chi connectivity index (χ0) is 25.4. The molecule has 4 aliphatic rings. The molecule has 0 aromatic carbocycles. The van der Waals surface area contributed by atoms with Crippen molar-refractivity contribution < 1.29 is 0 Å². The Balaban J connectivity index is 1.37. The highest BCUT2D eigenvalue weighted by molar-refractivity contribution is 5.22. The van der Waals surface area contributed by atoms with Crippen LogP contribution in [0.3, 0.4) is 0 Å². The van der Waals surface area contributed by atoms with Crippen LogP contribution in [0.4, 0.5) is 0 Å². The van der Waals surface area contributed by atoms with E-state index >= 15 is 0 Å². The topological polar surface area (TPSA) is 0 Å². The maximum Gasteiger partial charge on any atom is -0.0133 e. The van der Waals surface area contributed by atoms with Gasteiger partial charge in [0.25, 0.3) is 0 Å². The standard InChI is InChI=1S/C35H56/c1-25(11-9-12-27(3)29-17-13-26(2)14-18-29)15-19-30-28(4)16-20-32-34(30,7)24-21-31-33(5,6)22-10-23-35(31,32)8/h11,13,18,27,30-32H,4,9-10,12,14-17,19-24H2,1-3,5-8H3/b25-11+/t27-,30+,31-,32-,34-,35-/m0/s1. The Kier molecular flexibility index (Phi) is 8.01. The zero-order valence-corrected chi connectivity index (χ0v) is 24.4. The Morgan fingerprint density at radius 1 is 1.03 bits per heavy atom. The van der Waals surface area contributed by atoms with E-state index in [0.717, 1.165) is 24.2 Å². The number of fused-ring (bicyclic) bond motifs is 3. The van der Waals surface area contributed by atoms with Gasteiger partial charge in [-0.1, -0.05) is 88.1 Å². The van der Waals surface area contributed by atoms with Crippen LogP contribution in [0, 0.1) is 39.9 Å². The molecule has 4 aliphatic carbocycles. The van der Waals surface area contributed by atoms with Gasteiger partial charge in [-0.2, -0.15) is 0 Å². The first-order valence-corrected chi connectivity index (χ1v) is 15.2. The average Bonchev–Trinajstić information content (AvgIpc) is 2.78. The molecule has 0 saturated heterocycles. The van der Waals surface area contributed by atoms with E-state index in [1.54, 1.807) is 16.7 Å². The molecule has 0 unspecified atom stereocenters. The van der Waals surface area contributed by atoms with E-state index in [4.69, 9.17) is 0 Å². The summed E-state index contributed by atoms with van der Waals surface area (Å²) in [6, 6.07) is 0. The summed E-state index contributed by atoms with van der Waals surface area (Å²) in [5.41, 5.74) is 7.91. The van der Waals surface area contributed by atoms with E-state index in [1.165, 1.54) is 82.6 Å². The molecule has 3 saturated carbocycles. The number of hydrogen-bond acceptors (Lipinski definition) is 0. The van der Waals surface area contributed by atoms with E-state index in [2.05, 4.69) is 73.3 Å². The molecule has 0 N–H and O–H groups in total. The highest BCUT2D eigenvalue weighted by Gasteiger charge is 2.60. The monoisotopic (exact) mass is 476 g/mol. The van der Waals surface area contributed by atoms with E-state index in [9.17, 15) is 0 Å². The molecule has 196 valence electrons. The summed E-state index contributed by atoms with van der Waals surface area (Å²) >= 11 is 0. The first-order chi connectivity index (χ1) is 16.5. The Bertz CT molecular complexity index is 878. The maximum atomic E-state index is 4.68. The first-order valence-electron chi connectivity index (χ1n) is 15.2. The van der Waals surface area contributed by atoms with Gasteiger partial charge in [0.15, 0.2) is 0 Å². The predicted molar refractivity (Wildman–Crippen MR) is 154 cm³/mol. The molecule has 0 bridgehead atoms. The van der Waals surface area contributed by atoms with Crippen LogP contribution in [-0.4, -0.2) is 0 Å². The molecular weight excluding hydrogens is 420 g/mol. The SMILES string of the molecule is C=C1CC[C@H]2[C@@](C)(CC[C@H]3C(C)(C)CCC[C@]23C)[C@@H]1CC/C(C)=C/CC[C@H](C)C1=CCC(C)=CC1. The molecule has 0 heterocycles. The average molecular weight is 477 g/mol. The summed E-state index contributed by atoms with van der Waals surface area (Å²) in [5.74, 6) is 3.23. The fourth-order valence-electron chi connectivity index (χ4n) is 9.66. The third-order valence-electron chi connectivity index (χ3n) is 11.8. The van der Waals surface area contributed by atoms with Gasteiger partial charge >= 0.3 is 0 Å². The lowest BCUT2D eigenvalue weighted by Gasteiger charge is -2.66. The van der Waals surface area contributed by atoms with Crippen molar-refractivity contribution in [2.45, 2.75) is 132 Å². The van der Waals surface area contributed by atoms with Crippen LogP contribution in [0.15, 0.2) is 47.1 Å². The van der Waals surface area contributed by atoms with Crippen LogP contribution in [0.1, 0.15) is 132 Å². The molecule has 4 rings (SSSR count). The Hall–Kier alpha value is -1.04. The molecule has 0 amide bonds. The second kappa shape index (κ2) is 10.4. The van der Waals surface area contributed by atoms with E-state index in [-0.39, 0.29) is 0 Å². The Morgan fingerprint density at radius 2 is 1.80 bits per heavy atom. The molecule has 0 aliphatic heterocycles. The van der Waals surface area contributed by atoms with Crippen molar-refractivity contribution in [2.24, 2.45) is 39.9 Å².